The van der Waals surface area contributed by atoms with E-state index in [1.807, 2.05) is 6.92 Å². The Hall–Kier alpha value is 0.0700. The SMILES string of the molecule is COC1CCCC(S(=O)CCC(C)N)C1. The molecule has 0 saturated heterocycles. The number of ether oxygens (including phenoxy) is 1. The van der Waals surface area contributed by atoms with Gasteiger partial charge in [-0.2, -0.15) is 0 Å². The third-order valence-electron chi connectivity index (χ3n) is 3.06. The van der Waals surface area contributed by atoms with E-state index in [9.17, 15) is 4.21 Å². The van der Waals surface area contributed by atoms with Gasteiger partial charge in [-0.15, -0.1) is 0 Å². The van der Waals surface area contributed by atoms with Crippen LogP contribution in [0.1, 0.15) is 39.0 Å². The summed E-state index contributed by atoms with van der Waals surface area (Å²) in [4.78, 5) is 0. The molecule has 0 aliphatic heterocycles. The maximum Gasteiger partial charge on any atom is 0.0582 e. The molecule has 4 heteroatoms. The van der Waals surface area contributed by atoms with E-state index in [1.165, 1.54) is 0 Å². The minimum absolute atomic E-state index is 0.163. The zero-order valence-corrected chi connectivity index (χ0v) is 10.6. The lowest BCUT2D eigenvalue weighted by molar-refractivity contribution is 0.0725. The molecule has 0 amide bonds. The van der Waals surface area contributed by atoms with Crippen LogP contribution in [0.5, 0.6) is 0 Å². The highest BCUT2D eigenvalue weighted by atomic mass is 32.2. The Morgan fingerprint density at radius 1 is 1.53 bits per heavy atom. The van der Waals surface area contributed by atoms with Crippen molar-refractivity contribution in [2.75, 3.05) is 12.9 Å². The first kappa shape index (κ1) is 13.1. The first-order chi connectivity index (χ1) is 7.13. The van der Waals surface area contributed by atoms with Gasteiger partial charge in [-0.25, -0.2) is 0 Å². The Kier molecular flexibility index (Phi) is 5.79. The molecule has 0 heterocycles. The second kappa shape index (κ2) is 6.61. The Labute approximate surface area is 95.2 Å². The van der Waals surface area contributed by atoms with Crippen LogP contribution in [0.4, 0.5) is 0 Å². The van der Waals surface area contributed by atoms with Crippen molar-refractivity contribution in [3.8, 4) is 0 Å². The van der Waals surface area contributed by atoms with Gasteiger partial charge >= 0.3 is 0 Å². The summed E-state index contributed by atoms with van der Waals surface area (Å²) in [7, 11) is 1.04. The molecule has 1 rings (SSSR count). The Morgan fingerprint density at radius 2 is 2.27 bits per heavy atom. The van der Waals surface area contributed by atoms with Gasteiger partial charge in [0.2, 0.25) is 0 Å². The molecule has 4 unspecified atom stereocenters. The fraction of sp³-hybridized carbons (Fsp3) is 1.00. The van der Waals surface area contributed by atoms with Crippen molar-refractivity contribution < 1.29 is 8.95 Å². The Morgan fingerprint density at radius 3 is 2.87 bits per heavy atom. The molecule has 0 aromatic heterocycles. The predicted octanol–water partition coefficient (Wildman–Crippen LogP) is 1.43. The van der Waals surface area contributed by atoms with Crippen molar-refractivity contribution in [3.05, 3.63) is 0 Å². The van der Waals surface area contributed by atoms with Gasteiger partial charge in [-0.1, -0.05) is 0 Å². The van der Waals surface area contributed by atoms with Crippen LogP contribution in [0, 0.1) is 0 Å². The molecule has 1 fully saturated rings. The van der Waals surface area contributed by atoms with Crippen molar-refractivity contribution in [2.45, 2.75) is 56.4 Å². The second-order valence-corrected chi connectivity index (χ2v) is 6.33. The largest absolute Gasteiger partial charge is 0.381 e. The summed E-state index contributed by atoms with van der Waals surface area (Å²) in [6, 6.07) is 0.163. The molecule has 1 aliphatic carbocycles. The second-order valence-electron chi connectivity index (χ2n) is 4.50. The van der Waals surface area contributed by atoms with Gasteiger partial charge in [0.25, 0.3) is 0 Å². The normalized spacial score (nSPS) is 31.1. The van der Waals surface area contributed by atoms with E-state index in [1.54, 1.807) is 7.11 Å². The summed E-state index contributed by atoms with van der Waals surface area (Å²) in [5.74, 6) is 0.749. The highest BCUT2D eigenvalue weighted by molar-refractivity contribution is 7.85. The summed E-state index contributed by atoms with van der Waals surface area (Å²) in [6.07, 6.45) is 5.50. The van der Waals surface area contributed by atoms with Crippen LogP contribution in [0.2, 0.25) is 0 Å². The molecule has 0 spiro atoms. The number of hydrogen-bond donors (Lipinski definition) is 1. The van der Waals surface area contributed by atoms with E-state index in [4.69, 9.17) is 10.5 Å². The molecule has 3 nitrogen and oxygen atoms in total. The summed E-state index contributed by atoms with van der Waals surface area (Å²) in [5, 5.41) is 0.336. The average Bonchev–Trinajstić information content (AvgIpc) is 2.26. The van der Waals surface area contributed by atoms with E-state index >= 15 is 0 Å². The van der Waals surface area contributed by atoms with Crippen LogP contribution in [0.25, 0.3) is 0 Å². The van der Waals surface area contributed by atoms with Crippen molar-refractivity contribution >= 4 is 10.8 Å². The maximum atomic E-state index is 12.0. The molecule has 0 aromatic rings. The highest BCUT2D eigenvalue weighted by Gasteiger charge is 2.25. The molecule has 4 atom stereocenters. The average molecular weight is 233 g/mol. The molecule has 1 aliphatic rings. The third-order valence-corrected chi connectivity index (χ3v) is 4.87. The summed E-state index contributed by atoms with van der Waals surface area (Å²) < 4.78 is 17.3. The van der Waals surface area contributed by atoms with Crippen LogP contribution in [0.15, 0.2) is 0 Å². The lowest BCUT2D eigenvalue weighted by Crippen LogP contribution is -2.30. The first-order valence-electron chi connectivity index (χ1n) is 5.79. The molecule has 90 valence electrons. The van der Waals surface area contributed by atoms with Gasteiger partial charge < -0.3 is 10.5 Å². The standard InChI is InChI=1S/C11H23NO2S/c1-9(12)6-7-15(13)11-5-3-4-10(8-11)14-2/h9-11H,3-8,12H2,1-2H3. The third kappa shape index (κ3) is 4.62. The van der Waals surface area contributed by atoms with Crippen LogP contribution in [-0.4, -0.2) is 34.5 Å². The quantitative estimate of drug-likeness (QED) is 0.781. The van der Waals surface area contributed by atoms with Crippen molar-refractivity contribution in [3.63, 3.8) is 0 Å². The zero-order chi connectivity index (χ0) is 11.3. The van der Waals surface area contributed by atoms with E-state index in [0.29, 0.717) is 11.4 Å². The van der Waals surface area contributed by atoms with Gasteiger partial charge in [-0.05, 0) is 39.0 Å². The van der Waals surface area contributed by atoms with E-state index in [2.05, 4.69) is 0 Å². The van der Waals surface area contributed by atoms with Crippen molar-refractivity contribution in [1.82, 2.24) is 0 Å². The monoisotopic (exact) mass is 233 g/mol. The van der Waals surface area contributed by atoms with Crippen LogP contribution in [-0.2, 0) is 15.5 Å². The van der Waals surface area contributed by atoms with E-state index < -0.39 is 10.8 Å². The smallest absolute Gasteiger partial charge is 0.0582 e. The van der Waals surface area contributed by atoms with Crippen molar-refractivity contribution in [2.24, 2.45) is 5.73 Å². The molecule has 0 bridgehead atoms. The van der Waals surface area contributed by atoms with Gasteiger partial charge in [0, 0.05) is 35.0 Å². The molecular weight excluding hydrogens is 210 g/mol. The molecule has 1 saturated carbocycles. The Balaban J connectivity index is 2.32. The van der Waals surface area contributed by atoms with Crippen molar-refractivity contribution in [1.29, 1.82) is 0 Å². The summed E-state index contributed by atoms with van der Waals surface area (Å²) in [5.41, 5.74) is 5.66. The van der Waals surface area contributed by atoms with Crippen LogP contribution >= 0.6 is 0 Å². The highest BCUT2D eigenvalue weighted by Crippen LogP contribution is 2.24. The van der Waals surface area contributed by atoms with Gasteiger partial charge in [-0.3, -0.25) is 4.21 Å². The lowest BCUT2D eigenvalue weighted by Gasteiger charge is -2.27. The number of methoxy groups -OCH3 is 1. The number of rotatable bonds is 5. The summed E-state index contributed by atoms with van der Waals surface area (Å²) >= 11 is 0. The Bertz CT molecular complexity index is 209. The lowest BCUT2D eigenvalue weighted by atomic mass is 9.97. The van der Waals surface area contributed by atoms with Crippen LogP contribution in [0.3, 0.4) is 0 Å². The van der Waals surface area contributed by atoms with E-state index in [-0.39, 0.29) is 6.04 Å². The molecular formula is C11H23NO2S. The summed E-state index contributed by atoms with van der Waals surface area (Å²) in [6.45, 7) is 1.97. The van der Waals surface area contributed by atoms with Crippen LogP contribution < -0.4 is 5.73 Å². The molecule has 0 aromatic carbocycles. The van der Waals surface area contributed by atoms with Gasteiger partial charge in [0.1, 0.15) is 0 Å². The molecule has 2 N–H and O–H groups in total. The van der Waals surface area contributed by atoms with E-state index in [0.717, 1.165) is 37.9 Å². The fourth-order valence-electron chi connectivity index (χ4n) is 2.02. The fourth-order valence-corrected chi connectivity index (χ4v) is 3.82. The van der Waals surface area contributed by atoms with Gasteiger partial charge in [0.15, 0.2) is 0 Å². The molecule has 15 heavy (non-hydrogen) atoms. The minimum atomic E-state index is -0.709. The predicted molar refractivity (Wildman–Crippen MR) is 64.3 cm³/mol. The topological polar surface area (TPSA) is 52.3 Å². The zero-order valence-electron chi connectivity index (χ0n) is 9.78. The molecule has 0 radical (unpaired) electrons. The maximum absolute atomic E-state index is 12.0. The minimum Gasteiger partial charge on any atom is -0.381 e. The first-order valence-corrected chi connectivity index (χ1v) is 7.17. The van der Waals surface area contributed by atoms with Gasteiger partial charge in [0.05, 0.1) is 6.10 Å². The number of hydrogen-bond acceptors (Lipinski definition) is 3. The number of nitrogens with two attached hydrogens (primary N) is 1.